The summed E-state index contributed by atoms with van der Waals surface area (Å²) in [6.07, 6.45) is 6.22. The molecule has 2 heterocycles. The molecule has 4 nitrogen and oxygen atoms in total. The molecule has 2 aromatic rings. The Bertz CT molecular complexity index is 546. The average molecular weight is 285 g/mol. The first kappa shape index (κ1) is 14.1. The predicted molar refractivity (Wildman–Crippen MR) is 84.7 cm³/mol. The molecule has 1 aliphatic heterocycles. The van der Waals surface area contributed by atoms with Crippen LogP contribution in [0.2, 0.25) is 0 Å². The van der Waals surface area contributed by atoms with Crippen molar-refractivity contribution in [2.75, 3.05) is 31.7 Å². The van der Waals surface area contributed by atoms with E-state index in [9.17, 15) is 0 Å². The molecule has 1 aliphatic rings. The van der Waals surface area contributed by atoms with Crippen molar-refractivity contribution >= 4 is 5.69 Å². The maximum Gasteiger partial charge on any atom is 0.114 e. The lowest BCUT2D eigenvalue weighted by atomic mass is 10.1. The number of nitrogens with zero attached hydrogens (tertiary/aromatic N) is 3. The zero-order valence-electron chi connectivity index (χ0n) is 12.6. The van der Waals surface area contributed by atoms with Crippen molar-refractivity contribution < 1.29 is 4.74 Å². The smallest absolute Gasteiger partial charge is 0.114 e. The van der Waals surface area contributed by atoms with E-state index < -0.39 is 0 Å². The standard InChI is InChI=1S/C17H23N3O/c1-19(16-6-3-2-4-7-16)10-5-11-20-12-9-18-17(20)15-8-13-21-14-15/h2-4,6-7,9,12,15H,5,8,10-11,13-14H2,1H3/t15-/m0/s1. The van der Waals surface area contributed by atoms with E-state index >= 15 is 0 Å². The molecule has 0 radical (unpaired) electrons. The molecule has 1 aromatic carbocycles. The molecule has 21 heavy (non-hydrogen) atoms. The van der Waals surface area contributed by atoms with Gasteiger partial charge in [0.25, 0.3) is 0 Å². The van der Waals surface area contributed by atoms with Gasteiger partial charge in [-0.05, 0) is 25.0 Å². The molecule has 112 valence electrons. The summed E-state index contributed by atoms with van der Waals surface area (Å²) in [4.78, 5) is 6.82. The van der Waals surface area contributed by atoms with Crippen LogP contribution in [0.1, 0.15) is 24.6 Å². The molecule has 0 saturated carbocycles. The van der Waals surface area contributed by atoms with E-state index in [-0.39, 0.29) is 0 Å². The van der Waals surface area contributed by atoms with Crippen molar-refractivity contribution in [3.63, 3.8) is 0 Å². The Morgan fingerprint density at radius 3 is 2.95 bits per heavy atom. The van der Waals surface area contributed by atoms with Crippen molar-refractivity contribution in [1.29, 1.82) is 0 Å². The van der Waals surface area contributed by atoms with Crippen molar-refractivity contribution in [2.45, 2.75) is 25.3 Å². The number of ether oxygens (including phenoxy) is 1. The van der Waals surface area contributed by atoms with Gasteiger partial charge in [0.1, 0.15) is 5.82 Å². The normalized spacial score (nSPS) is 18.0. The van der Waals surface area contributed by atoms with Crippen molar-refractivity contribution in [3.05, 3.63) is 48.5 Å². The zero-order chi connectivity index (χ0) is 14.5. The Labute approximate surface area is 126 Å². The third-order valence-corrected chi connectivity index (χ3v) is 4.13. The molecule has 0 spiro atoms. The van der Waals surface area contributed by atoms with Crippen LogP contribution >= 0.6 is 0 Å². The van der Waals surface area contributed by atoms with E-state index in [0.29, 0.717) is 5.92 Å². The van der Waals surface area contributed by atoms with E-state index in [1.54, 1.807) is 0 Å². The van der Waals surface area contributed by atoms with Gasteiger partial charge in [0.2, 0.25) is 0 Å². The van der Waals surface area contributed by atoms with Crippen molar-refractivity contribution in [3.8, 4) is 0 Å². The first-order valence-corrected chi connectivity index (χ1v) is 7.69. The average Bonchev–Trinajstić information content (AvgIpc) is 3.18. The van der Waals surface area contributed by atoms with Crippen LogP contribution in [-0.2, 0) is 11.3 Å². The summed E-state index contributed by atoms with van der Waals surface area (Å²) in [6.45, 7) is 3.75. The number of benzene rings is 1. The van der Waals surface area contributed by atoms with Gasteiger partial charge in [0.15, 0.2) is 0 Å². The van der Waals surface area contributed by atoms with Gasteiger partial charge in [-0.3, -0.25) is 0 Å². The second-order valence-corrected chi connectivity index (χ2v) is 5.65. The quantitative estimate of drug-likeness (QED) is 0.817. The monoisotopic (exact) mass is 285 g/mol. The Hall–Kier alpha value is -1.81. The molecule has 0 N–H and O–H groups in total. The fourth-order valence-corrected chi connectivity index (χ4v) is 2.90. The van der Waals surface area contributed by atoms with Crippen LogP contribution in [0.5, 0.6) is 0 Å². The highest BCUT2D eigenvalue weighted by Crippen LogP contribution is 2.23. The maximum atomic E-state index is 5.47. The van der Waals surface area contributed by atoms with Crippen LogP contribution in [0, 0.1) is 0 Å². The minimum Gasteiger partial charge on any atom is -0.381 e. The van der Waals surface area contributed by atoms with Crippen LogP contribution in [0.4, 0.5) is 5.69 Å². The van der Waals surface area contributed by atoms with Crippen LogP contribution in [0.25, 0.3) is 0 Å². The molecule has 1 saturated heterocycles. The van der Waals surface area contributed by atoms with E-state index in [0.717, 1.165) is 39.1 Å². The Kier molecular flexibility index (Phi) is 4.55. The number of aryl methyl sites for hydroxylation is 1. The lowest BCUT2D eigenvalue weighted by molar-refractivity contribution is 0.192. The highest BCUT2D eigenvalue weighted by atomic mass is 16.5. The molecule has 4 heteroatoms. The predicted octanol–water partition coefficient (Wildman–Crippen LogP) is 2.91. The number of hydrogen-bond donors (Lipinski definition) is 0. The summed E-state index contributed by atoms with van der Waals surface area (Å²) in [5.41, 5.74) is 1.27. The fraction of sp³-hybridized carbons (Fsp3) is 0.471. The van der Waals surface area contributed by atoms with Gasteiger partial charge in [-0.2, -0.15) is 0 Å². The molecule has 1 fully saturated rings. The number of aromatic nitrogens is 2. The van der Waals surface area contributed by atoms with Gasteiger partial charge in [0, 0.05) is 50.7 Å². The molecular formula is C17H23N3O. The molecule has 0 unspecified atom stereocenters. The molecule has 0 amide bonds. The Balaban J connectivity index is 1.53. The van der Waals surface area contributed by atoms with E-state index in [4.69, 9.17) is 4.74 Å². The SMILES string of the molecule is CN(CCCn1ccnc1[C@H]1CCOC1)c1ccccc1. The summed E-state index contributed by atoms with van der Waals surface area (Å²) >= 11 is 0. The first-order chi connectivity index (χ1) is 10.3. The highest BCUT2D eigenvalue weighted by Gasteiger charge is 2.21. The van der Waals surface area contributed by atoms with Crippen LogP contribution in [0.15, 0.2) is 42.7 Å². The third-order valence-electron chi connectivity index (χ3n) is 4.13. The summed E-state index contributed by atoms with van der Waals surface area (Å²) in [6, 6.07) is 10.5. The number of rotatable bonds is 6. The van der Waals surface area contributed by atoms with Gasteiger partial charge in [0.05, 0.1) is 6.61 Å². The summed E-state index contributed by atoms with van der Waals surface area (Å²) in [5.74, 6) is 1.67. The van der Waals surface area contributed by atoms with Gasteiger partial charge in [-0.15, -0.1) is 0 Å². The zero-order valence-corrected chi connectivity index (χ0v) is 12.6. The van der Waals surface area contributed by atoms with Crippen LogP contribution in [0.3, 0.4) is 0 Å². The van der Waals surface area contributed by atoms with Gasteiger partial charge >= 0.3 is 0 Å². The molecule has 3 rings (SSSR count). The second kappa shape index (κ2) is 6.76. The minimum atomic E-state index is 0.479. The number of imidazole rings is 1. The number of anilines is 1. The van der Waals surface area contributed by atoms with Gasteiger partial charge in [-0.1, -0.05) is 18.2 Å². The van der Waals surface area contributed by atoms with Crippen molar-refractivity contribution in [2.24, 2.45) is 0 Å². The first-order valence-electron chi connectivity index (χ1n) is 7.69. The minimum absolute atomic E-state index is 0.479. The molecule has 0 aliphatic carbocycles. The molecule has 1 aromatic heterocycles. The summed E-state index contributed by atoms with van der Waals surface area (Å²) in [7, 11) is 2.15. The highest BCUT2D eigenvalue weighted by molar-refractivity contribution is 5.44. The van der Waals surface area contributed by atoms with E-state index in [1.165, 1.54) is 11.5 Å². The molecule has 1 atom stereocenters. The lowest BCUT2D eigenvalue weighted by Crippen LogP contribution is -2.20. The number of para-hydroxylation sites is 1. The van der Waals surface area contributed by atoms with Crippen LogP contribution in [-0.4, -0.2) is 36.4 Å². The third kappa shape index (κ3) is 3.45. The lowest BCUT2D eigenvalue weighted by Gasteiger charge is -2.20. The van der Waals surface area contributed by atoms with Crippen LogP contribution < -0.4 is 4.90 Å². The number of hydrogen-bond acceptors (Lipinski definition) is 3. The topological polar surface area (TPSA) is 30.3 Å². The largest absolute Gasteiger partial charge is 0.381 e. The second-order valence-electron chi connectivity index (χ2n) is 5.65. The van der Waals surface area contributed by atoms with Gasteiger partial charge < -0.3 is 14.2 Å². The van der Waals surface area contributed by atoms with E-state index in [2.05, 4.69) is 58.0 Å². The maximum absolute atomic E-state index is 5.47. The fourth-order valence-electron chi connectivity index (χ4n) is 2.90. The Morgan fingerprint density at radius 1 is 1.33 bits per heavy atom. The summed E-state index contributed by atoms with van der Waals surface area (Å²) in [5, 5.41) is 0. The van der Waals surface area contributed by atoms with Gasteiger partial charge in [-0.25, -0.2) is 4.98 Å². The van der Waals surface area contributed by atoms with E-state index in [1.807, 2.05) is 6.20 Å². The molecular weight excluding hydrogens is 262 g/mol. The Morgan fingerprint density at radius 2 is 2.19 bits per heavy atom. The molecule has 0 bridgehead atoms. The van der Waals surface area contributed by atoms with Crippen molar-refractivity contribution in [1.82, 2.24) is 9.55 Å². The summed E-state index contributed by atoms with van der Waals surface area (Å²) < 4.78 is 7.76.